The van der Waals surface area contributed by atoms with Gasteiger partial charge in [-0.15, -0.1) is 0 Å². The number of aliphatic imine (C=N–C) groups is 1. The summed E-state index contributed by atoms with van der Waals surface area (Å²) in [6, 6.07) is 0.0327. The van der Waals surface area contributed by atoms with Crippen LogP contribution in [0.25, 0.3) is 0 Å². The summed E-state index contributed by atoms with van der Waals surface area (Å²) in [7, 11) is 1.73. The number of allylic oxidation sites excluding steroid dienone is 4. The number of aliphatic hydroxyl groups is 2. The van der Waals surface area contributed by atoms with Gasteiger partial charge in [-0.2, -0.15) is 0 Å². The SMILES string of the molecule is CN=C(N)N1C=CC(CNCCO)C23C4CCC(C)(CCC12)C31CC(O)(C2CCC3CCC5C=CC=CC5C3O2)C(C(=O)O)=C1C4. The Balaban J connectivity index is 1.27. The Labute approximate surface area is 272 Å². The van der Waals surface area contributed by atoms with Gasteiger partial charge in [0.2, 0.25) is 0 Å². The highest BCUT2D eigenvalue weighted by atomic mass is 16.5. The Morgan fingerprint density at radius 1 is 1.13 bits per heavy atom. The lowest BCUT2D eigenvalue weighted by Crippen LogP contribution is -2.72. The molecule has 2 heterocycles. The molecule has 4 saturated carbocycles. The van der Waals surface area contributed by atoms with Gasteiger partial charge in [0.25, 0.3) is 0 Å². The lowest BCUT2D eigenvalue weighted by molar-refractivity contribution is -0.229. The third-order valence-corrected chi connectivity index (χ3v) is 14.7. The number of aliphatic hydroxyl groups excluding tert-OH is 1. The summed E-state index contributed by atoms with van der Waals surface area (Å²) < 4.78 is 7.06. The fourth-order valence-electron chi connectivity index (χ4n) is 13.2. The smallest absolute Gasteiger partial charge is 0.334 e. The molecular formula is C37H52N4O5. The van der Waals surface area contributed by atoms with Crippen LogP contribution in [0.1, 0.15) is 71.1 Å². The molecular weight excluding hydrogens is 580 g/mol. The second-order valence-corrected chi connectivity index (χ2v) is 16.0. The molecule has 46 heavy (non-hydrogen) atoms. The lowest BCUT2D eigenvalue weighted by atomic mass is 9.35. The van der Waals surface area contributed by atoms with Crippen LogP contribution in [0.15, 0.2) is 52.7 Å². The molecule has 250 valence electrons. The van der Waals surface area contributed by atoms with E-state index in [0.717, 1.165) is 50.5 Å². The van der Waals surface area contributed by atoms with Gasteiger partial charge in [-0.25, -0.2) is 4.79 Å². The summed E-state index contributed by atoms with van der Waals surface area (Å²) in [4.78, 5) is 20.2. The first-order valence-corrected chi connectivity index (χ1v) is 17.9. The number of nitrogens with zero attached hydrogens (tertiary/aromatic N) is 2. The van der Waals surface area contributed by atoms with Crippen molar-refractivity contribution in [3.63, 3.8) is 0 Å². The van der Waals surface area contributed by atoms with Gasteiger partial charge in [-0.05, 0) is 98.9 Å². The number of rotatable bonds is 6. The van der Waals surface area contributed by atoms with E-state index in [1.165, 1.54) is 0 Å². The number of carboxylic acid groups (broad SMARTS) is 1. The maximum atomic E-state index is 13.6. The number of guanidine groups is 1. The highest BCUT2D eigenvalue weighted by Crippen LogP contribution is 2.84. The summed E-state index contributed by atoms with van der Waals surface area (Å²) in [6.45, 7) is 3.63. The number of nitrogens with two attached hydrogens (primary N) is 1. The first-order chi connectivity index (χ1) is 22.2. The summed E-state index contributed by atoms with van der Waals surface area (Å²) in [5.74, 6) is 0.974. The number of aliphatic carboxylic acids is 1. The van der Waals surface area contributed by atoms with Crippen LogP contribution in [0.5, 0.6) is 0 Å². The minimum atomic E-state index is -1.58. The van der Waals surface area contributed by atoms with Gasteiger partial charge in [0.15, 0.2) is 5.96 Å². The fraction of sp³-hybridized carbons (Fsp3) is 0.730. The fourth-order valence-corrected chi connectivity index (χ4v) is 13.2. The lowest BCUT2D eigenvalue weighted by Gasteiger charge is -2.71. The van der Waals surface area contributed by atoms with Gasteiger partial charge in [0.1, 0.15) is 5.60 Å². The van der Waals surface area contributed by atoms with Crippen LogP contribution in [0.4, 0.5) is 0 Å². The van der Waals surface area contributed by atoms with Gasteiger partial charge in [-0.1, -0.05) is 37.3 Å². The predicted molar refractivity (Wildman–Crippen MR) is 175 cm³/mol. The third kappa shape index (κ3) is 3.77. The maximum Gasteiger partial charge on any atom is 0.334 e. The molecule has 6 aliphatic carbocycles. The number of nitrogens with one attached hydrogen (secondary N) is 1. The van der Waals surface area contributed by atoms with Gasteiger partial charge >= 0.3 is 5.97 Å². The second kappa shape index (κ2) is 10.8. The van der Waals surface area contributed by atoms with Crippen molar-refractivity contribution < 1.29 is 24.9 Å². The average molecular weight is 633 g/mol. The minimum Gasteiger partial charge on any atom is -0.478 e. The largest absolute Gasteiger partial charge is 0.478 e. The molecule has 12 unspecified atom stereocenters. The second-order valence-electron chi connectivity index (χ2n) is 16.0. The standard InChI is InChI=1S/C37H52N4O5/c1-34-14-11-24-19-27-30(32(43)44)35(45,29-10-9-23-8-7-22-5-3-4-6-26(22)31(23)46-29)21-36(27,34)37(24)25(20-40-16-18-42)13-17-41(33(38)39-2)28(37)12-15-34/h3-6,13,17,22-26,28-29,31,40,42,45H,7-12,14-16,18-21H2,1-2H3,(H2,38,39)(H,43,44). The normalized spacial score (nSPS) is 48.6. The molecule has 8 rings (SSSR count). The predicted octanol–water partition coefficient (Wildman–Crippen LogP) is 3.75. The van der Waals surface area contributed by atoms with E-state index in [2.05, 4.69) is 58.7 Å². The molecule has 8 aliphatic rings. The highest BCUT2D eigenvalue weighted by Gasteiger charge is 2.82. The van der Waals surface area contributed by atoms with E-state index in [1.807, 2.05) is 0 Å². The Morgan fingerprint density at radius 2 is 1.91 bits per heavy atom. The van der Waals surface area contributed by atoms with Gasteiger partial charge in [0.05, 0.1) is 24.4 Å². The van der Waals surface area contributed by atoms with E-state index in [-0.39, 0.29) is 52.9 Å². The zero-order valence-corrected chi connectivity index (χ0v) is 27.4. The Kier molecular flexibility index (Phi) is 7.23. The van der Waals surface area contributed by atoms with Gasteiger partial charge in [0, 0.05) is 49.1 Å². The number of hydrogen-bond donors (Lipinski definition) is 5. The number of ether oxygens (including phenoxy) is 1. The van der Waals surface area contributed by atoms with Crippen LogP contribution in [0, 0.1) is 45.8 Å². The van der Waals surface area contributed by atoms with E-state index >= 15 is 0 Å². The molecule has 9 nitrogen and oxygen atoms in total. The molecule has 6 N–H and O–H groups in total. The van der Waals surface area contributed by atoms with Crippen LogP contribution in [0.3, 0.4) is 0 Å². The van der Waals surface area contributed by atoms with E-state index in [4.69, 9.17) is 10.5 Å². The van der Waals surface area contributed by atoms with E-state index in [1.54, 1.807) is 7.05 Å². The molecule has 5 fully saturated rings. The van der Waals surface area contributed by atoms with Crippen molar-refractivity contribution in [2.75, 3.05) is 26.7 Å². The Hall–Kier alpha value is -2.46. The van der Waals surface area contributed by atoms with Crippen LogP contribution >= 0.6 is 0 Å². The zero-order valence-electron chi connectivity index (χ0n) is 27.4. The van der Waals surface area contributed by atoms with E-state index in [0.29, 0.717) is 50.1 Å². The topological polar surface area (TPSA) is 141 Å². The molecule has 9 heteroatoms. The highest BCUT2D eigenvalue weighted by molar-refractivity contribution is 5.92. The molecule has 0 radical (unpaired) electrons. The summed E-state index contributed by atoms with van der Waals surface area (Å²) >= 11 is 0. The third-order valence-electron chi connectivity index (χ3n) is 14.7. The van der Waals surface area contributed by atoms with E-state index in [9.17, 15) is 20.1 Å². The molecule has 2 spiro atoms. The summed E-state index contributed by atoms with van der Waals surface area (Å²) in [5, 5.41) is 37.5. The Morgan fingerprint density at radius 3 is 2.70 bits per heavy atom. The molecule has 4 bridgehead atoms. The van der Waals surface area contributed by atoms with Crippen LogP contribution in [-0.2, 0) is 9.53 Å². The monoisotopic (exact) mass is 632 g/mol. The molecule has 12 atom stereocenters. The number of carbonyl (C=O) groups is 1. The van der Waals surface area contributed by atoms with Crippen LogP contribution in [0.2, 0.25) is 0 Å². The zero-order chi connectivity index (χ0) is 32.1. The number of fused-ring (bicyclic) bond motifs is 3. The quantitative estimate of drug-likeness (QED) is 0.170. The first-order valence-electron chi connectivity index (χ1n) is 17.9. The molecule has 0 aromatic carbocycles. The van der Waals surface area contributed by atoms with Gasteiger partial charge < -0.3 is 36.0 Å². The van der Waals surface area contributed by atoms with E-state index < -0.39 is 23.1 Å². The van der Waals surface area contributed by atoms with Gasteiger partial charge in [-0.3, -0.25) is 4.99 Å². The minimum absolute atomic E-state index is 0.00934. The maximum absolute atomic E-state index is 13.6. The summed E-state index contributed by atoms with van der Waals surface area (Å²) in [5.41, 5.74) is 5.21. The average Bonchev–Trinajstić information content (AvgIpc) is 3.44. The molecule has 0 amide bonds. The van der Waals surface area contributed by atoms with Crippen molar-refractivity contribution in [1.29, 1.82) is 0 Å². The van der Waals surface area contributed by atoms with Crippen molar-refractivity contribution in [3.05, 3.63) is 47.7 Å². The van der Waals surface area contributed by atoms with Crippen molar-refractivity contribution in [2.24, 2.45) is 56.6 Å². The molecule has 2 aliphatic heterocycles. The van der Waals surface area contributed by atoms with Crippen molar-refractivity contribution in [2.45, 2.75) is 95.0 Å². The summed E-state index contributed by atoms with van der Waals surface area (Å²) in [6.07, 6.45) is 21.5. The van der Waals surface area contributed by atoms with Crippen molar-refractivity contribution in [1.82, 2.24) is 10.2 Å². The number of carboxylic acids is 1. The van der Waals surface area contributed by atoms with Crippen LogP contribution < -0.4 is 11.1 Å². The van der Waals surface area contributed by atoms with Crippen LogP contribution in [-0.4, -0.2) is 82.7 Å². The molecule has 0 aromatic rings. The molecule has 0 aromatic heterocycles. The van der Waals surface area contributed by atoms with Crippen molar-refractivity contribution >= 4 is 11.9 Å². The van der Waals surface area contributed by atoms with Crippen molar-refractivity contribution in [3.8, 4) is 0 Å². The Bertz CT molecular complexity index is 1440. The molecule has 1 saturated heterocycles. The first kappa shape index (κ1) is 30.8. The number of hydrogen-bond acceptors (Lipinski definition) is 6.